The van der Waals surface area contributed by atoms with Crippen molar-refractivity contribution in [2.75, 3.05) is 0 Å². The maximum absolute atomic E-state index is 12.8. The van der Waals surface area contributed by atoms with Crippen molar-refractivity contribution in [3.05, 3.63) is 60.7 Å². The van der Waals surface area contributed by atoms with Crippen LogP contribution in [0.4, 0.5) is 4.39 Å². The van der Waals surface area contributed by atoms with Crippen LogP contribution in [0.5, 0.6) is 0 Å². The largest absolute Gasteiger partial charge is 0.294 e. The average Bonchev–Trinajstić information content (AvgIpc) is 2.76. The van der Waals surface area contributed by atoms with Crippen molar-refractivity contribution in [3.63, 3.8) is 0 Å². The molecule has 2 aromatic heterocycles. The molecule has 0 saturated carbocycles. The topological polar surface area (TPSA) is 17.3 Å². The molecule has 3 rings (SSSR count). The van der Waals surface area contributed by atoms with E-state index in [1.165, 1.54) is 12.1 Å². The Morgan fingerprint density at radius 1 is 1.06 bits per heavy atom. The number of imidazole rings is 1. The summed E-state index contributed by atoms with van der Waals surface area (Å²) in [6.07, 6.45) is 3.79. The highest BCUT2D eigenvalue weighted by Crippen LogP contribution is 2.27. The highest BCUT2D eigenvalue weighted by molar-refractivity contribution is 7.99. The van der Waals surface area contributed by atoms with Crippen LogP contribution in [0.15, 0.2) is 64.8 Å². The van der Waals surface area contributed by atoms with Crippen molar-refractivity contribution >= 4 is 17.4 Å². The van der Waals surface area contributed by atoms with Crippen LogP contribution in [0.25, 0.3) is 5.65 Å². The predicted molar refractivity (Wildman–Crippen MR) is 65.7 cm³/mol. The van der Waals surface area contributed by atoms with Crippen LogP contribution < -0.4 is 0 Å². The number of pyridine rings is 1. The van der Waals surface area contributed by atoms with Crippen LogP contribution in [-0.2, 0) is 0 Å². The Kier molecular flexibility index (Phi) is 2.57. The van der Waals surface area contributed by atoms with E-state index < -0.39 is 0 Å². The molecule has 0 spiro atoms. The van der Waals surface area contributed by atoms with E-state index in [0.717, 1.165) is 15.6 Å². The molecule has 0 saturated heterocycles. The minimum atomic E-state index is -0.215. The standard InChI is InChI=1S/C13H9FN2S/c14-10-4-6-11(7-5-10)17-13-9-15-12-3-1-2-8-16(12)13/h1-9H. The van der Waals surface area contributed by atoms with Crippen molar-refractivity contribution < 1.29 is 4.39 Å². The number of fused-ring (bicyclic) bond motifs is 1. The molecule has 0 aliphatic rings. The van der Waals surface area contributed by atoms with E-state index >= 15 is 0 Å². The number of halogens is 1. The first-order chi connectivity index (χ1) is 8.33. The van der Waals surface area contributed by atoms with Crippen molar-refractivity contribution in [2.45, 2.75) is 9.92 Å². The maximum atomic E-state index is 12.8. The van der Waals surface area contributed by atoms with Gasteiger partial charge in [-0.25, -0.2) is 9.37 Å². The zero-order valence-corrected chi connectivity index (χ0v) is 9.69. The van der Waals surface area contributed by atoms with Crippen LogP contribution in [0.2, 0.25) is 0 Å². The van der Waals surface area contributed by atoms with Crippen molar-refractivity contribution in [3.8, 4) is 0 Å². The molecule has 0 bridgehead atoms. The first-order valence-electron chi connectivity index (χ1n) is 5.18. The van der Waals surface area contributed by atoms with Crippen LogP contribution in [0.1, 0.15) is 0 Å². The summed E-state index contributed by atoms with van der Waals surface area (Å²) in [5, 5.41) is 1.02. The summed E-state index contributed by atoms with van der Waals surface area (Å²) in [6.45, 7) is 0. The van der Waals surface area contributed by atoms with Gasteiger partial charge in [0.2, 0.25) is 0 Å². The van der Waals surface area contributed by atoms with Gasteiger partial charge in [0, 0.05) is 11.1 Å². The molecule has 84 valence electrons. The minimum Gasteiger partial charge on any atom is -0.294 e. The third kappa shape index (κ3) is 2.03. The van der Waals surface area contributed by atoms with Gasteiger partial charge >= 0.3 is 0 Å². The zero-order chi connectivity index (χ0) is 11.7. The molecule has 2 heterocycles. The van der Waals surface area contributed by atoms with Gasteiger partial charge in [0.05, 0.1) is 6.20 Å². The molecule has 17 heavy (non-hydrogen) atoms. The van der Waals surface area contributed by atoms with Crippen molar-refractivity contribution in [1.82, 2.24) is 9.38 Å². The molecule has 0 atom stereocenters. The number of rotatable bonds is 2. The van der Waals surface area contributed by atoms with Gasteiger partial charge < -0.3 is 0 Å². The third-order valence-corrected chi connectivity index (χ3v) is 3.44. The summed E-state index contributed by atoms with van der Waals surface area (Å²) >= 11 is 1.57. The number of hydrogen-bond acceptors (Lipinski definition) is 2. The van der Waals surface area contributed by atoms with Crippen LogP contribution in [0.3, 0.4) is 0 Å². The van der Waals surface area contributed by atoms with Crippen molar-refractivity contribution in [1.29, 1.82) is 0 Å². The lowest BCUT2D eigenvalue weighted by molar-refractivity contribution is 0.626. The molecule has 0 N–H and O–H groups in total. The molecule has 0 fully saturated rings. The van der Waals surface area contributed by atoms with Crippen LogP contribution in [0, 0.1) is 5.82 Å². The van der Waals surface area contributed by atoms with Gasteiger partial charge in [-0.15, -0.1) is 0 Å². The summed E-state index contributed by atoms with van der Waals surface area (Å²) in [6, 6.07) is 12.3. The maximum Gasteiger partial charge on any atom is 0.137 e. The number of benzene rings is 1. The summed E-state index contributed by atoms with van der Waals surface area (Å²) in [7, 11) is 0. The van der Waals surface area contributed by atoms with E-state index in [-0.39, 0.29) is 5.82 Å². The summed E-state index contributed by atoms with van der Waals surface area (Å²) in [4.78, 5) is 5.30. The van der Waals surface area contributed by atoms with Crippen LogP contribution in [-0.4, -0.2) is 9.38 Å². The van der Waals surface area contributed by atoms with Crippen molar-refractivity contribution in [2.24, 2.45) is 0 Å². The molecule has 1 aromatic carbocycles. The van der Waals surface area contributed by atoms with Gasteiger partial charge in [-0.2, -0.15) is 0 Å². The minimum absolute atomic E-state index is 0.215. The summed E-state index contributed by atoms with van der Waals surface area (Å²) in [5.41, 5.74) is 0.914. The van der Waals surface area contributed by atoms with E-state index in [1.807, 2.05) is 35.0 Å². The average molecular weight is 244 g/mol. The number of aromatic nitrogens is 2. The Balaban J connectivity index is 1.97. The fourth-order valence-electron chi connectivity index (χ4n) is 1.61. The zero-order valence-electron chi connectivity index (χ0n) is 8.88. The second kappa shape index (κ2) is 4.22. The third-order valence-electron chi connectivity index (χ3n) is 2.42. The summed E-state index contributed by atoms with van der Waals surface area (Å²) in [5.74, 6) is -0.215. The number of nitrogens with zero attached hydrogens (tertiary/aromatic N) is 2. The normalized spacial score (nSPS) is 10.9. The fourth-order valence-corrected chi connectivity index (χ4v) is 2.48. The highest BCUT2D eigenvalue weighted by atomic mass is 32.2. The van der Waals surface area contributed by atoms with E-state index in [4.69, 9.17) is 0 Å². The van der Waals surface area contributed by atoms with E-state index in [0.29, 0.717) is 0 Å². The lowest BCUT2D eigenvalue weighted by Gasteiger charge is -2.01. The molecule has 0 aliphatic heterocycles. The lowest BCUT2D eigenvalue weighted by atomic mass is 10.4. The number of hydrogen-bond donors (Lipinski definition) is 0. The molecule has 4 heteroatoms. The fraction of sp³-hybridized carbons (Fsp3) is 0. The van der Waals surface area contributed by atoms with Crippen LogP contribution >= 0.6 is 11.8 Å². The lowest BCUT2D eigenvalue weighted by Crippen LogP contribution is -1.84. The van der Waals surface area contributed by atoms with Gasteiger partial charge in [0.25, 0.3) is 0 Å². The Hall–Kier alpha value is -1.81. The first kappa shape index (κ1) is 10.4. The van der Waals surface area contributed by atoms with E-state index in [9.17, 15) is 4.39 Å². The SMILES string of the molecule is Fc1ccc(Sc2cnc3ccccn23)cc1. The van der Waals surface area contributed by atoms with E-state index in [1.54, 1.807) is 23.9 Å². The van der Waals surface area contributed by atoms with Gasteiger partial charge in [0.1, 0.15) is 16.5 Å². The molecular weight excluding hydrogens is 235 g/mol. The smallest absolute Gasteiger partial charge is 0.137 e. The van der Waals surface area contributed by atoms with Gasteiger partial charge in [-0.05, 0) is 36.4 Å². The van der Waals surface area contributed by atoms with Gasteiger partial charge in [-0.3, -0.25) is 4.40 Å². The second-order valence-electron chi connectivity index (χ2n) is 3.58. The van der Waals surface area contributed by atoms with Gasteiger partial charge in [0.15, 0.2) is 0 Å². The van der Waals surface area contributed by atoms with Gasteiger partial charge in [-0.1, -0.05) is 17.8 Å². The second-order valence-corrected chi connectivity index (χ2v) is 4.68. The summed E-state index contributed by atoms with van der Waals surface area (Å²) < 4.78 is 14.8. The molecular formula is C13H9FN2S. The Bertz CT molecular complexity index is 646. The molecule has 3 aromatic rings. The quantitative estimate of drug-likeness (QED) is 0.685. The molecule has 2 nitrogen and oxygen atoms in total. The Morgan fingerprint density at radius 2 is 1.88 bits per heavy atom. The molecule has 0 radical (unpaired) electrons. The molecule has 0 amide bonds. The first-order valence-corrected chi connectivity index (χ1v) is 6.00. The highest BCUT2D eigenvalue weighted by Gasteiger charge is 2.04. The molecule has 0 aliphatic carbocycles. The predicted octanol–water partition coefficient (Wildman–Crippen LogP) is 3.62. The Morgan fingerprint density at radius 3 is 2.71 bits per heavy atom. The molecule has 0 unspecified atom stereocenters. The van der Waals surface area contributed by atoms with E-state index in [2.05, 4.69) is 4.98 Å². The Labute approximate surface area is 102 Å². The monoisotopic (exact) mass is 244 g/mol.